The van der Waals surface area contributed by atoms with E-state index >= 15 is 0 Å². The van der Waals surface area contributed by atoms with Crippen molar-refractivity contribution in [2.75, 3.05) is 39.9 Å². The fraction of sp³-hybridized carbons (Fsp3) is 0.588. The van der Waals surface area contributed by atoms with Gasteiger partial charge in [-0.3, -0.25) is 4.99 Å². The number of nitrogens with one attached hydrogen (secondary N) is 1. The predicted octanol–water partition coefficient (Wildman–Crippen LogP) is 2.76. The van der Waals surface area contributed by atoms with Crippen molar-refractivity contribution in [1.29, 1.82) is 0 Å². The van der Waals surface area contributed by atoms with Crippen molar-refractivity contribution in [3.8, 4) is 5.75 Å². The molecule has 0 saturated carbocycles. The number of para-hydroxylation sites is 1. The highest BCUT2D eigenvalue weighted by molar-refractivity contribution is 14.0. The summed E-state index contributed by atoms with van der Waals surface area (Å²) >= 11 is 0. The van der Waals surface area contributed by atoms with Gasteiger partial charge in [0.1, 0.15) is 12.4 Å². The maximum Gasteiger partial charge on any atom is 0.193 e. The van der Waals surface area contributed by atoms with E-state index in [1.165, 1.54) is 0 Å². The van der Waals surface area contributed by atoms with Crippen molar-refractivity contribution in [3.05, 3.63) is 30.3 Å². The van der Waals surface area contributed by atoms with Gasteiger partial charge in [-0.1, -0.05) is 18.2 Å². The first kappa shape index (κ1) is 20.0. The molecule has 1 aliphatic rings. The zero-order valence-electron chi connectivity index (χ0n) is 14.0. The van der Waals surface area contributed by atoms with E-state index in [1.807, 2.05) is 37.4 Å². The first-order valence-corrected chi connectivity index (χ1v) is 8.08. The van der Waals surface area contributed by atoms with Gasteiger partial charge in [-0.25, -0.2) is 0 Å². The zero-order chi connectivity index (χ0) is 15.6. The number of hydrogen-bond acceptors (Lipinski definition) is 3. The number of likely N-dealkylation sites (N-methyl/N-ethyl adjacent to an activating group) is 1. The van der Waals surface area contributed by atoms with Crippen LogP contribution in [0.15, 0.2) is 35.3 Å². The molecule has 1 N–H and O–H groups in total. The number of nitrogens with zero attached hydrogens (tertiary/aromatic N) is 2. The number of guanidine groups is 1. The molecule has 1 heterocycles. The Morgan fingerprint density at radius 1 is 1.39 bits per heavy atom. The van der Waals surface area contributed by atoms with Gasteiger partial charge in [-0.2, -0.15) is 0 Å². The summed E-state index contributed by atoms with van der Waals surface area (Å²) in [4.78, 5) is 6.77. The van der Waals surface area contributed by atoms with Crippen LogP contribution in [-0.4, -0.2) is 56.9 Å². The van der Waals surface area contributed by atoms with E-state index in [9.17, 15) is 0 Å². The van der Waals surface area contributed by atoms with Gasteiger partial charge in [-0.05, 0) is 31.9 Å². The van der Waals surface area contributed by atoms with Crippen LogP contribution in [-0.2, 0) is 4.74 Å². The van der Waals surface area contributed by atoms with Crippen molar-refractivity contribution < 1.29 is 9.47 Å². The third-order valence-electron chi connectivity index (χ3n) is 3.60. The number of rotatable bonds is 7. The van der Waals surface area contributed by atoms with Gasteiger partial charge in [0.2, 0.25) is 0 Å². The summed E-state index contributed by atoms with van der Waals surface area (Å²) in [7, 11) is 2.03. The first-order valence-electron chi connectivity index (χ1n) is 8.08. The maximum absolute atomic E-state index is 5.73. The largest absolute Gasteiger partial charge is 0.492 e. The molecule has 0 aromatic heterocycles. The zero-order valence-corrected chi connectivity index (χ0v) is 16.4. The molecule has 1 aromatic carbocycles. The standard InChI is InChI=1S/C17H27N3O2.HI/c1-3-18-17(19-14-16-10-7-12-21-16)20(2)11-13-22-15-8-5-4-6-9-15;/h4-6,8-9,16H,3,7,10-14H2,1-2H3,(H,18,19);1H. The molecule has 1 aliphatic heterocycles. The van der Waals surface area contributed by atoms with Crippen LogP contribution in [0.2, 0.25) is 0 Å². The number of hydrogen-bond donors (Lipinski definition) is 1. The molecule has 6 heteroatoms. The molecule has 0 amide bonds. The summed E-state index contributed by atoms with van der Waals surface area (Å²) in [6.07, 6.45) is 2.55. The topological polar surface area (TPSA) is 46.1 Å². The van der Waals surface area contributed by atoms with E-state index in [0.717, 1.165) is 50.8 Å². The monoisotopic (exact) mass is 433 g/mol. The lowest BCUT2D eigenvalue weighted by Crippen LogP contribution is -2.41. The first-order chi connectivity index (χ1) is 10.8. The molecule has 1 saturated heterocycles. The summed E-state index contributed by atoms with van der Waals surface area (Å²) in [5.41, 5.74) is 0. The fourth-order valence-corrected chi connectivity index (χ4v) is 2.37. The Hall–Kier alpha value is -1.02. The summed E-state index contributed by atoms with van der Waals surface area (Å²) in [6, 6.07) is 9.88. The van der Waals surface area contributed by atoms with Crippen LogP contribution in [0, 0.1) is 0 Å². The third kappa shape index (κ3) is 7.39. The second-order valence-corrected chi connectivity index (χ2v) is 5.41. The second kappa shape index (κ2) is 11.5. The quantitative estimate of drug-likeness (QED) is 0.408. The Morgan fingerprint density at radius 3 is 2.83 bits per heavy atom. The number of benzene rings is 1. The highest BCUT2D eigenvalue weighted by atomic mass is 127. The SMILES string of the molecule is CCNC(=NCC1CCCO1)N(C)CCOc1ccccc1.I. The van der Waals surface area contributed by atoms with E-state index in [-0.39, 0.29) is 30.1 Å². The smallest absolute Gasteiger partial charge is 0.193 e. The Morgan fingerprint density at radius 2 is 2.17 bits per heavy atom. The summed E-state index contributed by atoms with van der Waals surface area (Å²) in [5, 5.41) is 3.32. The molecule has 2 rings (SSSR count). The van der Waals surface area contributed by atoms with Crippen LogP contribution >= 0.6 is 24.0 Å². The molecule has 1 fully saturated rings. The lowest BCUT2D eigenvalue weighted by Gasteiger charge is -2.22. The van der Waals surface area contributed by atoms with Gasteiger partial charge in [-0.15, -0.1) is 24.0 Å². The molecule has 0 bridgehead atoms. The minimum atomic E-state index is 0. The van der Waals surface area contributed by atoms with E-state index in [2.05, 4.69) is 22.1 Å². The molecule has 1 aromatic rings. The number of halogens is 1. The Balaban J connectivity index is 0.00000264. The van der Waals surface area contributed by atoms with Crippen LogP contribution in [0.1, 0.15) is 19.8 Å². The van der Waals surface area contributed by atoms with Crippen molar-refractivity contribution in [1.82, 2.24) is 10.2 Å². The molecule has 1 unspecified atom stereocenters. The fourth-order valence-electron chi connectivity index (χ4n) is 2.37. The lowest BCUT2D eigenvalue weighted by molar-refractivity contribution is 0.117. The van der Waals surface area contributed by atoms with Gasteiger partial charge in [0.25, 0.3) is 0 Å². The molecule has 5 nitrogen and oxygen atoms in total. The highest BCUT2D eigenvalue weighted by Crippen LogP contribution is 2.12. The summed E-state index contributed by atoms with van der Waals surface area (Å²) in [5.74, 6) is 1.81. The van der Waals surface area contributed by atoms with Crippen LogP contribution in [0.25, 0.3) is 0 Å². The molecular weight excluding hydrogens is 405 g/mol. The molecule has 130 valence electrons. The summed E-state index contributed by atoms with van der Waals surface area (Å²) < 4.78 is 11.4. The molecule has 0 radical (unpaired) electrons. The van der Waals surface area contributed by atoms with Gasteiger partial charge >= 0.3 is 0 Å². The van der Waals surface area contributed by atoms with Gasteiger partial charge < -0.3 is 19.7 Å². The Labute approximate surface area is 156 Å². The number of aliphatic imine (C=N–C) groups is 1. The Kier molecular flexibility index (Phi) is 10.0. The lowest BCUT2D eigenvalue weighted by atomic mass is 10.2. The van der Waals surface area contributed by atoms with Crippen molar-refractivity contribution in [3.63, 3.8) is 0 Å². The molecule has 0 spiro atoms. The predicted molar refractivity (Wildman–Crippen MR) is 105 cm³/mol. The molecule has 0 aliphatic carbocycles. The van der Waals surface area contributed by atoms with Crippen LogP contribution in [0.3, 0.4) is 0 Å². The van der Waals surface area contributed by atoms with E-state index in [0.29, 0.717) is 6.61 Å². The highest BCUT2D eigenvalue weighted by Gasteiger charge is 2.15. The van der Waals surface area contributed by atoms with E-state index in [1.54, 1.807) is 0 Å². The average molecular weight is 433 g/mol. The molecular formula is C17H28IN3O2. The normalized spacial score (nSPS) is 17.5. The average Bonchev–Trinajstić information content (AvgIpc) is 3.05. The van der Waals surface area contributed by atoms with Gasteiger partial charge in [0.05, 0.1) is 19.2 Å². The summed E-state index contributed by atoms with van der Waals surface area (Å²) in [6.45, 7) is 5.95. The van der Waals surface area contributed by atoms with Crippen LogP contribution in [0.5, 0.6) is 5.75 Å². The Bertz CT molecular complexity index is 450. The molecule has 1 atom stereocenters. The van der Waals surface area contributed by atoms with E-state index < -0.39 is 0 Å². The van der Waals surface area contributed by atoms with Crippen LogP contribution < -0.4 is 10.1 Å². The minimum Gasteiger partial charge on any atom is -0.492 e. The third-order valence-corrected chi connectivity index (χ3v) is 3.60. The number of ether oxygens (including phenoxy) is 2. The second-order valence-electron chi connectivity index (χ2n) is 5.41. The van der Waals surface area contributed by atoms with Crippen molar-refractivity contribution >= 4 is 29.9 Å². The minimum absolute atomic E-state index is 0. The molecule has 23 heavy (non-hydrogen) atoms. The van der Waals surface area contributed by atoms with E-state index in [4.69, 9.17) is 9.47 Å². The van der Waals surface area contributed by atoms with Crippen molar-refractivity contribution in [2.24, 2.45) is 4.99 Å². The van der Waals surface area contributed by atoms with Gasteiger partial charge in [0.15, 0.2) is 5.96 Å². The van der Waals surface area contributed by atoms with Crippen molar-refractivity contribution in [2.45, 2.75) is 25.9 Å². The van der Waals surface area contributed by atoms with Gasteiger partial charge in [0, 0.05) is 20.2 Å². The van der Waals surface area contributed by atoms with Crippen LogP contribution in [0.4, 0.5) is 0 Å². The maximum atomic E-state index is 5.73.